The Hall–Kier alpha value is -1.82. The molecule has 0 unspecified atom stereocenters. The van der Waals surface area contributed by atoms with Crippen LogP contribution < -0.4 is 15.0 Å². The second kappa shape index (κ2) is 13.6. The van der Waals surface area contributed by atoms with Crippen molar-refractivity contribution in [1.82, 2.24) is 5.32 Å². The summed E-state index contributed by atoms with van der Waals surface area (Å²) in [4.78, 5) is 2.51. The molecule has 2 aliphatic rings. The van der Waals surface area contributed by atoms with Crippen LogP contribution in [0.25, 0.3) is 0 Å². The zero-order valence-electron chi connectivity index (χ0n) is 18.5. The lowest BCUT2D eigenvalue weighted by Gasteiger charge is -2.50. The normalized spacial score (nSPS) is 17.3. The molecule has 0 aliphatic carbocycles. The number of nitrogens with one attached hydrogen (secondary N) is 1. The predicted octanol–water partition coefficient (Wildman–Crippen LogP) is 1.95. The third-order valence-corrected chi connectivity index (χ3v) is 5.66. The number of piperidine rings is 1. The van der Waals surface area contributed by atoms with Gasteiger partial charge in [-0.05, 0) is 37.1 Å². The molecule has 7 nitrogen and oxygen atoms in total. The maximum absolute atomic E-state index is 5.78. The Morgan fingerprint density at radius 3 is 2.06 bits per heavy atom. The predicted molar refractivity (Wildman–Crippen MR) is 121 cm³/mol. The number of terminal acetylenes is 1. The Morgan fingerprint density at radius 1 is 0.871 bits per heavy atom. The van der Waals surface area contributed by atoms with E-state index in [0.717, 1.165) is 31.9 Å². The summed E-state index contributed by atoms with van der Waals surface area (Å²) in [6, 6.07) is 8.43. The van der Waals surface area contributed by atoms with Crippen LogP contribution in [0.3, 0.4) is 0 Å². The molecule has 1 aromatic carbocycles. The molecule has 172 valence electrons. The maximum atomic E-state index is 5.78. The van der Waals surface area contributed by atoms with Gasteiger partial charge in [0.1, 0.15) is 19.0 Å². The van der Waals surface area contributed by atoms with Crippen LogP contribution >= 0.6 is 0 Å². The molecule has 2 saturated heterocycles. The van der Waals surface area contributed by atoms with Crippen LogP contribution in [0.4, 0.5) is 5.69 Å². The molecule has 0 bridgehead atoms. The van der Waals surface area contributed by atoms with Gasteiger partial charge in [-0.15, -0.1) is 6.42 Å². The summed E-state index contributed by atoms with van der Waals surface area (Å²) in [5, 5.41) is 3.43. The van der Waals surface area contributed by atoms with E-state index >= 15 is 0 Å². The Labute approximate surface area is 186 Å². The monoisotopic (exact) mass is 432 g/mol. The molecule has 0 radical (unpaired) electrons. The molecule has 0 saturated carbocycles. The van der Waals surface area contributed by atoms with Gasteiger partial charge in [-0.2, -0.15) is 0 Å². The lowest BCUT2D eigenvalue weighted by atomic mass is 9.75. The van der Waals surface area contributed by atoms with E-state index in [9.17, 15) is 0 Å². The Balaban J connectivity index is 1.16. The van der Waals surface area contributed by atoms with Gasteiger partial charge in [-0.3, -0.25) is 0 Å². The van der Waals surface area contributed by atoms with Gasteiger partial charge < -0.3 is 33.9 Å². The third-order valence-electron chi connectivity index (χ3n) is 5.66. The van der Waals surface area contributed by atoms with Crippen molar-refractivity contribution in [2.45, 2.75) is 12.8 Å². The topological polar surface area (TPSA) is 61.4 Å². The highest BCUT2D eigenvalue weighted by molar-refractivity contribution is 5.50. The van der Waals surface area contributed by atoms with Crippen molar-refractivity contribution in [2.75, 3.05) is 90.5 Å². The van der Waals surface area contributed by atoms with Gasteiger partial charge in [0.25, 0.3) is 0 Å². The lowest BCUT2D eigenvalue weighted by molar-refractivity contribution is -0.00187. The van der Waals surface area contributed by atoms with E-state index in [1.165, 1.54) is 18.5 Å². The summed E-state index contributed by atoms with van der Waals surface area (Å²) >= 11 is 0. The largest absolute Gasteiger partial charge is 0.491 e. The minimum atomic E-state index is 0.323. The van der Waals surface area contributed by atoms with E-state index in [-0.39, 0.29) is 0 Å². The Bertz CT molecular complexity index is 657. The van der Waals surface area contributed by atoms with Crippen LogP contribution in [0.2, 0.25) is 0 Å². The Morgan fingerprint density at radius 2 is 1.48 bits per heavy atom. The molecule has 1 aromatic rings. The van der Waals surface area contributed by atoms with Crippen molar-refractivity contribution in [3.05, 3.63) is 24.3 Å². The molecule has 0 amide bonds. The number of ether oxygens (including phenoxy) is 5. The van der Waals surface area contributed by atoms with E-state index in [4.69, 9.17) is 30.1 Å². The highest BCUT2D eigenvalue weighted by Crippen LogP contribution is 2.35. The zero-order chi connectivity index (χ0) is 21.6. The summed E-state index contributed by atoms with van der Waals surface area (Å²) in [6.45, 7) is 9.19. The highest BCUT2D eigenvalue weighted by atomic mass is 16.6. The fourth-order valence-electron chi connectivity index (χ4n) is 3.96. The van der Waals surface area contributed by atoms with Gasteiger partial charge in [0.15, 0.2) is 0 Å². The highest BCUT2D eigenvalue weighted by Gasteiger charge is 2.40. The number of hydrogen-bond acceptors (Lipinski definition) is 7. The molecule has 0 atom stereocenters. The van der Waals surface area contributed by atoms with Gasteiger partial charge in [0.05, 0.1) is 46.2 Å². The summed E-state index contributed by atoms with van der Waals surface area (Å²) in [5.41, 5.74) is 1.79. The van der Waals surface area contributed by atoms with Crippen molar-refractivity contribution in [3.63, 3.8) is 0 Å². The van der Waals surface area contributed by atoms with E-state index in [0.29, 0.717) is 64.9 Å². The molecular weight excluding hydrogens is 396 g/mol. The van der Waals surface area contributed by atoms with Gasteiger partial charge in [0, 0.05) is 37.3 Å². The first-order valence-electron chi connectivity index (χ1n) is 11.2. The maximum Gasteiger partial charge on any atom is 0.119 e. The van der Waals surface area contributed by atoms with Crippen LogP contribution in [0.1, 0.15) is 12.8 Å². The van der Waals surface area contributed by atoms with Crippen LogP contribution in [0.5, 0.6) is 5.75 Å². The van der Waals surface area contributed by atoms with Gasteiger partial charge in [0.2, 0.25) is 0 Å². The van der Waals surface area contributed by atoms with Crippen molar-refractivity contribution in [1.29, 1.82) is 0 Å². The number of anilines is 1. The first-order valence-corrected chi connectivity index (χ1v) is 11.2. The van der Waals surface area contributed by atoms with Crippen LogP contribution in [-0.2, 0) is 18.9 Å². The molecule has 31 heavy (non-hydrogen) atoms. The fraction of sp³-hybridized carbons (Fsp3) is 0.667. The quantitative estimate of drug-likeness (QED) is 0.336. The van der Waals surface area contributed by atoms with Crippen molar-refractivity contribution in [3.8, 4) is 18.1 Å². The molecule has 2 heterocycles. The second-order valence-electron chi connectivity index (χ2n) is 8.06. The standard InChI is InChI=1S/C24H36N2O5/c1-2-10-27-11-12-28-13-14-29-15-16-30-17-18-31-23-6-4-22(5-7-23)26-9-3-8-24(21-26)19-25-20-24/h1,4-7,25H,3,8-21H2. The van der Waals surface area contributed by atoms with Crippen molar-refractivity contribution in [2.24, 2.45) is 5.41 Å². The van der Waals surface area contributed by atoms with E-state index in [1.807, 2.05) is 0 Å². The van der Waals surface area contributed by atoms with E-state index < -0.39 is 0 Å². The first-order chi connectivity index (χ1) is 15.3. The Kier molecular flexibility index (Phi) is 10.4. The number of hydrogen-bond donors (Lipinski definition) is 1. The van der Waals surface area contributed by atoms with Gasteiger partial charge in [-0.1, -0.05) is 5.92 Å². The van der Waals surface area contributed by atoms with Crippen molar-refractivity contribution >= 4 is 5.69 Å². The SMILES string of the molecule is C#CCOCCOCCOCCOCCOc1ccc(N2CCCC3(CNC3)C2)cc1. The first kappa shape index (κ1) is 23.8. The molecule has 3 rings (SSSR count). The van der Waals surface area contributed by atoms with Gasteiger partial charge >= 0.3 is 0 Å². The molecule has 2 aliphatic heterocycles. The molecular formula is C24H36N2O5. The number of benzene rings is 1. The molecule has 2 fully saturated rings. The van der Waals surface area contributed by atoms with Crippen molar-refractivity contribution < 1.29 is 23.7 Å². The third kappa shape index (κ3) is 8.32. The van der Waals surface area contributed by atoms with Gasteiger partial charge in [-0.25, -0.2) is 0 Å². The minimum absolute atomic E-state index is 0.323. The molecule has 0 aromatic heterocycles. The van der Waals surface area contributed by atoms with Crippen LogP contribution in [0.15, 0.2) is 24.3 Å². The van der Waals surface area contributed by atoms with E-state index in [2.05, 4.69) is 40.4 Å². The average molecular weight is 433 g/mol. The van der Waals surface area contributed by atoms with Crippen LogP contribution in [0, 0.1) is 17.8 Å². The molecule has 1 spiro atoms. The summed E-state index contributed by atoms with van der Waals surface area (Å²) < 4.78 is 27.2. The lowest BCUT2D eigenvalue weighted by Crippen LogP contribution is -2.61. The fourth-order valence-corrected chi connectivity index (χ4v) is 3.96. The zero-order valence-corrected chi connectivity index (χ0v) is 18.5. The molecule has 1 N–H and O–H groups in total. The molecule has 7 heteroatoms. The van der Waals surface area contributed by atoms with E-state index in [1.54, 1.807) is 0 Å². The minimum Gasteiger partial charge on any atom is -0.491 e. The number of nitrogens with zero attached hydrogens (tertiary/aromatic N) is 1. The second-order valence-corrected chi connectivity index (χ2v) is 8.06. The van der Waals surface area contributed by atoms with Crippen LogP contribution in [-0.4, -0.2) is 85.6 Å². The number of rotatable bonds is 15. The summed E-state index contributed by atoms with van der Waals surface area (Å²) in [5.74, 6) is 3.29. The summed E-state index contributed by atoms with van der Waals surface area (Å²) in [6.07, 6.45) is 7.70. The average Bonchev–Trinajstić information content (AvgIpc) is 2.79. The smallest absolute Gasteiger partial charge is 0.119 e. The summed E-state index contributed by atoms with van der Waals surface area (Å²) in [7, 11) is 0.